The largest absolute Gasteiger partial charge is 0.480 e. The van der Waals surface area contributed by atoms with E-state index in [4.69, 9.17) is 10.8 Å². The van der Waals surface area contributed by atoms with Crippen LogP contribution in [0, 0.1) is 0 Å². The highest BCUT2D eigenvalue weighted by Gasteiger charge is 2.29. The van der Waals surface area contributed by atoms with E-state index in [9.17, 15) is 14.4 Å². The molecule has 0 fully saturated rings. The number of fused-ring (bicyclic) bond motifs is 1. The molecule has 0 aromatic carbocycles. The first-order valence-corrected chi connectivity index (χ1v) is 6.53. The van der Waals surface area contributed by atoms with Crippen LogP contribution in [0.5, 0.6) is 0 Å². The summed E-state index contributed by atoms with van der Waals surface area (Å²) >= 11 is 0. The van der Waals surface area contributed by atoms with Gasteiger partial charge in [-0.15, -0.1) is 0 Å². The van der Waals surface area contributed by atoms with Crippen LogP contribution < -0.4 is 16.4 Å². The average Bonchev–Trinajstić information content (AvgIpc) is 2.89. The molecule has 0 spiro atoms. The molecule has 0 saturated heterocycles. The normalized spacial score (nSPS) is 18.6. The first-order chi connectivity index (χ1) is 9.97. The van der Waals surface area contributed by atoms with Gasteiger partial charge in [-0.25, -0.2) is 9.78 Å². The average molecular weight is 295 g/mol. The van der Waals surface area contributed by atoms with Gasteiger partial charge in [-0.1, -0.05) is 0 Å². The van der Waals surface area contributed by atoms with Crippen molar-refractivity contribution in [1.29, 1.82) is 0 Å². The topological polar surface area (TPSA) is 150 Å². The molecule has 114 valence electrons. The van der Waals surface area contributed by atoms with Crippen LogP contribution in [-0.2, 0) is 27.3 Å². The molecular formula is C12H17N5O4. The molecular weight excluding hydrogens is 278 g/mol. The molecule has 2 heterocycles. The molecule has 0 radical (unpaired) electrons. The zero-order valence-corrected chi connectivity index (χ0v) is 11.3. The molecule has 2 amide bonds. The van der Waals surface area contributed by atoms with E-state index < -0.39 is 29.9 Å². The Morgan fingerprint density at radius 3 is 2.95 bits per heavy atom. The summed E-state index contributed by atoms with van der Waals surface area (Å²) < 4.78 is 0. The van der Waals surface area contributed by atoms with Gasteiger partial charge in [-0.05, 0) is 6.42 Å². The first-order valence-electron chi connectivity index (χ1n) is 6.53. The van der Waals surface area contributed by atoms with E-state index in [0.717, 1.165) is 11.4 Å². The summed E-state index contributed by atoms with van der Waals surface area (Å²) in [4.78, 5) is 41.0. The van der Waals surface area contributed by atoms with Gasteiger partial charge < -0.3 is 21.1 Å². The maximum atomic E-state index is 12.1. The summed E-state index contributed by atoms with van der Waals surface area (Å²) in [7, 11) is 0. The van der Waals surface area contributed by atoms with Crippen LogP contribution >= 0.6 is 0 Å². The molecule has 1 unspecified atom stereocenters. The highest BCUT2D eigenvalue weighted by molar-refractivity contribution is 5.87. The Balaban J connectivity index is 1.93. The fourth-order valence-electron chi connectivity index (χ4n) is 2.17. The molecule has 1 aromatic heterocycles. The zero-order valence-electron chi connectivity index (χ0n) is 11.3. The number of hydrogen-bond donors (Lipinski definition) is 5. The number of aliphatic carboxylic acids is 1. The standard InChI is InChI=1S/C12H17N5O4/c13-10(18)2-1-6(12(20)21)17-11(19)8-3-7-9(4-14-8)16-5-15-7/h5-6,8,14H,1-4H2,(H2,13,18)(H,15,16)(H,17,19)(H,20,21)/t6-,8?/m0/s1. The number of carboxylic acids is 1. The first kappa shape index (κ1) is 15.0. The Morgan fingerprint density at radius 1 is 1.52 bits per heavy atom. The number of rotatable bonds is 6. The van der Waals surface area contributed by atoms with Crippen molar-refractivity contribution in [1.82, 2.24) is 20.6 Å². The van der Waals surface area contributed by atoms with Gasteiger partial charge >= 0.3 is 5.97 Å². The van der Waals surface area contributed by atoms with Gasteiger partial charge in [0.2, 0.25) is 11.8 Å². The Labute approximate surface area is 120 Å². The Kier molecular flexibility index (Phi) is 4.53. The number of H-pyrrole nitrogens is 1. The smallest absolute Gasteiger partial charge is 0.326 e. The van der Waals surface area contributed by atoms with Crippen molar-refractivity contribution in [3.8, 4) is 0 Å². The molecule has 1 aliphatic rings. The fourth-order valence-corrected chi connectivity index (χ4v) is 2.17. The number of hydrogen-bond acceptors (Lipinski definition) is 5. The highest BCUT2D eigenvalue weighted by Crippen LogP contribution is 2.12. The minimum Gasteiger partial charge on any atom is -0.480 e. The summed E-state index contributed by atoms with van der Waals surface area (Å²) in [6.45, 7) is 0.465. The van der Waals surface area contributed by atoms with E-state index in [1.807, 2.05) is 0 Å². The number of primary amides is 1. The molecule has 0 bridgehead atoms. The molecule has 0 saturated carbocycles. The second-order valence-electron chi connectivity index (χ2n) is 4.87. The Bertz CT molecular complexity index is 556. The number of imidazole rings is 1. The lowest BCUT2D eigenvalue weighted by atomic mass is 10.0. The molecule has 21 heavy (non-hydrogen) atoms. The van der Waals surface area contributed by atoms with Crippen molar-refractivity contribution >= 4 is 17.8 Å². The summed E-state index contributed by atoms with van der Waals surface area (Å²) in [5, 5.41) is 14.5. The lowest BCUT2D eigenvalue weighted by Gasteiger charge is -2.24. The van der Waals surface area contributed by atoms with E-state index in [1.165, 1.54) is 0 Å². The lowest BCUT2D eigenvalue weighted by Crippen LogP contribution is -2.52. The Hall–Kier alpha value is -2.42. The SMILES string of the molecule is NC(=O)CC[C@H](NC(=O)C1Cc2nc[nH]c2CN1)C(=O)O. The minimum atomic E-state index is -1.19. The third kappa shape index (κ3) is 3.78. The van der Waals surface area contributed by atoms with E-state index in [2.05, 4.69) is 20.6 Å². The maximum absolute atomic E-state index is 12.1. The van der Waals surface area contributed by atoms with Crippen molar-refractivity contribution < 1.29 is 19.5 Å². The van der Waals surface area contributed by atoms with E-state index in [0.29, 0.717) is 13.0 Å². The van der Waals surface area contributed by atoms with Crippen LogP contribution in [0.4, 0.5) is 0 Å². The summed E-state index contributed by atoms with van der Waals surface area (Å²) in [5.41, 5.74) is 6.70. The predicted molar refractivity (Wildman–Crippen MR) is 70.9 cm³/mol. The van der Waals surface area contributed by atoms with Crippen LogP contribution in [0.1, 0.15) is 24.2 Å². The van der Waals surface area contributed by atoms with Gasteiger partial charge in [0.1, 0.15) is 6.04 Å². The number of carboxylic acid groups (broad SMARTS) is 1. The van der Waals surface area contributed by atoms with Crippen LogP contribution in [0.2, 0.25) is 0 Å². The number of carbonyl (C=O) groups is 3. The van der Waals surface area contributed by atoms with Crippen LogP contribution in [0.15, 0.2) is 6.33 Å². The highest BCUT2D eigenvalue weighted by atomic mass is 16.4. The van der Waals surface area contributed by atoms with Gasteiger partial charge in [0.25, 0.3) is 0 Å². The molecule has 0 aliphatic carbocycles. The van der Waals surface area contributed by atoms with E-state index >= 15 is 0 Å². The predicted octanol–water partition coefficient (Wildman–Crippen LogP) is -1.74. The van der Waals surface area contributed by atoms with Crippen LogP contribution in [0.3, 0.4) is 0 Å². The van der Waals surface area contributed by atoms with Crippen LogP contribution in [0.25, 0.3) is 0 Å². The molecule has 9 heteroatoms. The number of aromatic amines is 1. The third-order valence-corrected chi connectivity index (χ3v) is 3.34. The second-order valence-corrected chi connectivity index (χ2v) is 4.87. The van der Waals surface area contributed by atoms with Crippen molar-refractivity contribution in [3.63, 3.8) is 0 Å². The molecule has 2 atom stereocenters. The van der Waals surface area contributed by atoms with E-state index in [1.54, 1.807) is 6.33 Å². The number of amides is 2. The summed E-state index contributed by atoms with van der Waals surface area (Å²) in [5.74, 6) is -2.23. The van der Waals surface area contributed by atoms with Gasteiger partial charge in [0.15, 0.2) is 0 Å². The maximum Gasteiger partial charge on any atom is 0.326 e. The summed E-state index contributed by atoms with van der Waals surface area (Å²) in [6, 6.07) is -1.68. The van der Waals surface area contributed by atoms with Gasteiger partial charge in [-0.2, -0.15) is 0 Å². The number of nitrogens with zero attached hydrogens (tertiary/aromatic N) is 1. The van der Waals surface area contributed by atoms with Crippen molar-refractivity contribution in [2.45, 2.75) is 37.9 Å². The van der Waals surface area contributed by atoms with Gasteiger partial charge in [-0.3, -0.25) is 14.9 Å². The van der Waals surface area contributed by atoms with Crippen molar-refractivity contribution in [2.24, 2.45) is 5.73 Å². The molecule has 1 aromatic rings. The van der Waals surface area contributed by atoms with Crippen molar-refractivity contribution in [2.75, 3.05) is 0 Å². The zero-order chi connectivity index (χ0) is 15.4. The Morgan fingerprint density at radius 2 is 2.29 bits per heavy atom. The number of nitrogens with one attached hydrogen (secondary N) is 3. The monoisotopic (exact) mass is 295 g/mol. The third-order valence-electron chi connectivity index (χ3n) is 3.34. The molecule has 2 rings (SSSR count). The lowest BCUT2D eigenvalue weighted by molar-refractivity contribution is -0.142. The van der Waals surface area contributed by atoms with E-state index in [-0.39, 0.29) is 12.8 Å². The fraction of sp³-hybridized carbons (Fsp3) is 0.500. The second kappa shape index (κ2) is 6.35. The summed E-state index contributed by atoms with van der Waals surface area (Å²) in [6.07, 6.45) is 1.81. The molecule has 9 nitrogen and oxygen atoms in total. The minimum absolute atomic E-state index is 0.0310. The number of carbonyl (C=O) groups excluding carboxylic acids is 2. The number of nitrogens with two attached hydrogens (primary N) is 1. The number of aromatic nitrogens is 2. The van der Waals surface area contributed by atoms with Gasteiger partial charge in [0.05, 0.1) is 23.8 Å². The quantitative estimate of drug-likeness (QED) is 0.420. The van der Waals surface area contributed by atoms with Gasteiger partial charge in [0, 0.05) is 19.4 Å². The van der Waals surface area contributed by atoms with Crippen molar-refractivity contribution in [3.05, 3.63) is 17.7 Å². The van der Waals surface area contributed by atoms with Crippen LogP contribution in [-0.4, -0.2) is 44.9 Å². The molecule has 1 aliphatic heterocycles. The molecule has 6 N–H and O–H groups in total.